The molecule has 0 amide bonds. The van der Waals surface area contributed by atoms with Gasteiger partial charge in [-0.15, -0.1) is 0 Å². The summed E-state index contributed by atoms with van der Waals surface area (Å²) in [4.78, 5) is 4.87. The second-order valence-electron chi connectivity index (χ2n) is 6.54. The second-order valence-corrected chi connectivity index (χ2v) is 6.54. The van der Waals surface area contributed by atoms with Crippen LogP contribution in [0.1, 0.15) is 12.0 Å². The van der Waals surface area contributed by atoms with Crippen molar-refractivity contribution in [2.24, 2.45) is 0 Å². The maximum absolute atomic E-state index is 10.0. The van der Waals surface area contributed by atoms with Crippen molar-refractivity contribution < 1.29 is 14.6 Å². The molecule has 0 bridgehead atoms. The molecule has 3 rings (SSSR count). The topological polar surface area (TPSA) is 45.2 Å². The number of aliphatic hydroxyl groups is 1. The molecule has 2 atom stereocenters. The van der Waals surface area contributed by atoms with Crippen LogP contribution >= 0.6 is 0 Å². The van der Waals surface area contributed by atoms with Gasteiger partial charge in [0.05, 0.1) is 32.5 Å². The summed E-state index contributed by atoms with van der Waals surface area (Å²) in [6.07, 6.45) is 5.20. The van der Waals surface area contributed by atoms with Crippen molar-refractivity contribution >= 4 is 6.08 Å². The zero-order chi connectivity index (χ0) is 16.8. The molecule has 0 spiro atoms. The normalized spacial score (nSPS) is 26.8. The van der Waals surface area contributed by atoms with Crippen LogP contribution in [0.4, 0.5) is 0 Å². The quantitative estimate of drug-likeness (QED) is 0.885. The minimum Gasteiger partial charge on any atom is -0.497 e. The van der Waals surface area contributed by atoms with E-state index in [1.165, 1.54) is 5.56 Å². The molecular weight excluding hydrogens is 304 g/mol. The molecule has 5 heteroatoms. The Morgan fingerprint density at radius 1 is 1.17 bits per heavy atom. The Morgan fingerprint density at radius 2 is 2.00 bits per heavy atom. The number of hydrogen-bond acceptors (Lipinski definition) is 5. The standard InChI is InChI=1S/C19H28N2O3/c1-23-17-7-5-16(6-8-17)4-2-9-20-10-3-11-21(13-12-20)18-14-24-15-19(18)22/h2,4-8,18-19,22H,3,9-15H2,1H3/b4-2+/t18-,19-/m0/s1. The van der Waals surface area contributed by atoms with E-state index in [9.17, 15) is 5.11 Å². The molecule has 1 N–H and O–H groups in total. The summed E-state index contributed by atoms with van der Waals surface area (Å²) < 4.78 is 10.6. The average Bonchev–Trinajstić information content (AvgIpc) is 2.90. The van der Waals surface area contributed by atoms with Crippen molar-refractivity contribution in [3.63, 3.8) is 0 Å². The van der Waals surface area contributed by atoms with Gasteiger partial charge < -0.3 is 14.6 Å². The first kappa shape index (κ1) is 17.4. The lowest BCUT2D eigenvalue weighted by atomic mass is 10.2. The van der Waals surface area contributed by atoms with Gasteiger partial charge in [0.25, 0.3) is 0 Å². The van der Waals surface area contributed by atoms with Crippen LogP contribution in [-0.4, -0.2) is 80.1 Å². The summed E-state index contributed by atoms with van der Waals surface area (Å²) in [5.41, 5.74) is 1.19. The molecule has 2 aliphatic heterocycles. The summed E-state index contributed by atoms with van der Waals surface area (Å²) in [6.45, 7) is 6.30. The molecule has 0 saturated carbocycles. The third-order valence-corrected chi connectivity index (χ3v) is 4.90. The number of benzene rings is 1. The van der Waals surface area contributed by atoms with Gasteiger partial charge in [-0.25, -0.2) is 0 Å². The molecule has 0 radical (unpaired) electrons. The highest BCUT2D eigenvalue weighted by molar-refractivity contribution is 5.50. The molecule has 1 aromatic rings. The van der Waals surface area contributed by atoms with Crippen LogP contribution in [0.15, 0.2) is 30.3 Å². The van der Waals surface area contributed by atoms with Crippen molar-refractivity contribution in [3.8, 4) is 5.75 Å². The zero-order valence-corrected chi connectivity index (χ0v) is 14.4. The Morgan fingerprint density at radius 3 is 2.71 bits per heavy atom. The fraction of sp³-hybridized carbons (Fsp3) is 0.579. The van der Waals surface area contributed by atoms with Crippen LogP contribution in [0.25, 0.3) is 6.08 Å². The van der Waals surface area contributed by atoms with Crippen molar-refractivity contribution in [2.75, 3.05) is 53.0 Å². The highest BCUT2D eigenvalue weighted by Crippen LogP contribution is 2.16. The van der Waals surface area contributed by atoms with Crippen LogP contribution in [-0.2, 0) is 4.74 Å². The number of ether oxygens (including phenoxy) is 2. The summed E-state index contributed by atoms with van der Waals surface area (Å²) in [6, 6.07) is 8.29. The lowest BCUT2D eigenvalue weighted by molar-refractivity contribution is 0.0841. The van der Waals surface area contributed by atoms with Crippen LogP contribution in [0.3, 0.4) is 0 Å². The van der Waals surface area contributed by atoms with Gasteiger partial charge in [-0.05, 0) is 37.2 Å². The van der Waals surface area contributed by atoms with Crippen LogP contribution < -0.4 is 4.74 Å². The predicted molar refractivity (Wildman–Crippen MR) is 95.3 cm³/mol. The lowest BCUT2D eigenvalue weighted by Gasteiger charge is -2.28. The molecule has 0 unspecified atom stereocenters. The summed E-state index contributed by atoms with van der Waals surface area (Å²) >= 11 is 0. The molecule has 5 nitrogen and oxygen atoms in total. The van der Waals surface area contributed by atoms with Crippen molar-refractivity contribution in [1.82, 2.24) is 9.80 Å². The molecule has 2 fully saturated rings. The number of hydrogen-bond donors (Lipinski definition) is 1. The summed E-state index contributed by atoms with van der Waals surface area (Å²) in [7, 11) is 1.68. The van der Waals surface area contributed by atoms with E-state index < -0.39 is 0 Å². The Bertz CT molecular complexity index is 532. The molecule has 1 aromatic carbocycles. The molecule has 2 aliphatic rings. The maximum atomic E-state index is 10.0. The Labute approximate surface area is 144 Å². The number of aliphatic hydroxyl groups excluding tert-OH is 1. The largest absolute Gasteiger partial charge is 0.497 e. The minimum absolute atomic E-state index is 0.180. The highest BCUT2D eigenvalue weighted by Gasteiger charge is 2.32. The third-order valence-electron chi connectivity index (χ3n) is 4.90. The molecule has 24 heavy (non-hydrogen) atoms. The van der Waals surface area contributed by atoms with Crippen LogP contribution in [0.5, 0.6) is 5.75 Å². The fourth-order valence-electron chi connectivity index (χ4n) is 3.44. The molecule has 2 heterocycles. The Balaban J connectivity index is 1.46. The van der Waals surface area contributed by atoms with Gasteiger partial charge in [-0.1, -0.05) is 24.3 Å². The number of methoxy groups -OCH3 is 1. The molecule has 2 saturated heterocycles. The van der Waals surface area contributed by atoms with Gasteiger partial charge in [0.15, 0.2) is 0 Å². The molecule has 0 aromatic heterocycles. The minimum atomic E-state index is -0.327. The maximum Gasteiger partial charge on any atom is 0.118 e. The summed E-state index contributed by atoms with van der Waals surface area (Å²) in [5, 5.41) is 10.0. The molecule has 132 valence electrons. The van der Waals surface area contributed by atoms with E-state index in [1.54, 1.807) is 7.11 Å². The van der Waals surface area contributed by atoms with Crippen molar-refractivity contribution in [1.29, 1.82) is 0 Å². The highest BCUT2D eigenvalue weighted by atomic mass is 16.5. The third kappa shape index (κ3) is 4.57. The van der Waals surface area contributed by atoms with E-state index in [4.69, 9.17) is 9.47 Å². The Kier molecular flexibility index (Phi) is 6.26. The van der Waals surface area contributed by atoms with Gasteiger partial charge in [0, 0.05) is 19.6 Å². The fourth-order valence-corrected chi connectivity index (χ4v) is 3.44. The van der Waals surface area contributed by atoms with E-state index in [2.05, 4.69) is 34.1 Å². The Hall–Kier alpha value is -1.40. The first-order chi connectivity index (χ1) is 11.8. The van der Waals surface area contributed by atoms with Gasteiger partial charge in [0.2, 0.25) is 0 Å². The molecular formula is C19H28N2O3. The van der Waals surface area contributed by atoms with E-state index in [-0.39, 0.29) is 12.1 Å². The van der Waals surface area contributed by atoms with E-state index in [0.717, 1.165) is 44.9 Å². The van der Waals surface area contributed by atoms with Crippen molar-refractivity contribution in [3.05, 3.63) is 35.9 Å². The number of nitrogens with zero attached hydrogens (tertiary/aromatic N) is 2. The summed E-state index contributed by atoms with van der Waals surface area (Å²) in [5.74, 6) is 0.887. The second kappa shape index (κ2) is 8.62. The smallest absolute Gasteiger partial charge is 0.118 e. The van der Waals surface area contributed by atoms with Gasteiger partial charge in [0.1, 0.15) is 5.75 Å². The van der Waals surface area contributed by atoms with Gasteiger partial charge in [-0.2, -0.15) is 0 Å². The van der Waals surface area contributed by atoms with E-state index in [1.807, 2.05) is 12.1 Å². The van der Waals surface area contributed by atoms with Crippen molar-refractivity contribution in [2.45, 2.75) is 18.6 Å². The molecule has 0 aliphatic carbocycles. The zero-order valence-electron chi connectivity index (χ0n) is 14.4. The van der Waals surface area contributed by atoms with E-state index in [0.29, 0.717) is 13.2 Å². The average molecular weight is 332 g/mol. The lowest BCUT2D eigenvalue weighted by Crippen LogP contribution is -2.44. The van der Waals surface area contributed by atoms with Gasteiger partial charge >= 0.3 is 0 Å². The number of rotatable bonds is 5. The van der Waals surface area contributed by atoms with Crippen LogP contribution in [0, 0.1) is 0 Å². The first-order valence-electron chi connectivity index (χ1n) is 8.79. The predicted octanol–water partition coefficient (Wildman–Crippen LogP) is 1.48. The SMILES string of the molecule is COc1ccc(/C=C/CN2CCCN([C@H]3COC[C@@H]3O)CC2)cc1. The van der Waals surface area contributed by atoms with Crippen LogP contribution in [0.2, 0.25) is 0 Å². The monoisotopic (exact) mass is 332 g/mol. The van der Waals surface area contributed by atoms with Gasteiger partial charge in [-0.3, -0.25) is 9.80 Å². The van der Waals surface area contributed by atoms with E-state index >= 15 is 0 Å². The first-order valence-corrected chi connectivity index (χ1v) is 8.79.